The molecule has 2 atom stereocenters. The van der Waals surface area contributed by atoms with E-state index in [1.165, 1.54) is 289 Å². The van der Waals surface area contributed by atoms with E-state index in [1.54, 1.807) is 6.08 Å². The second-order valence-corrected chi connectivity index (χ2v) is 22.5. The Bertz CT molecular complexity index is 1120. The fourth-order valence-electron chi connectivity index (χ4n) is 10.2. The molecule has 0 bridgehead atoms. The number of hydrogen-bond donors (Lipinski definition) is 3. The number of nitrogens with one attached hydrogen (secondary N) is 1. The molecular formula is C66H127NO5. The highest BCUT2D eigenvalue weighted by molar-refractivity contribution is 5.76. The van der Waals surface area contributed by atoms with Crippen LogP contribution >= 0.6 is 0 Å². The van der Waals surface area contributed by atoms with Crippen LogP contribution in [0.4, 0.5) is 0 Å². The summed E-state index contributed by atoms with van der Waals surface area (Å²) in [6.45, 7) is 4.91. The van der Waals surface area contributed by atoms with Crippen molar-refractivity contribution in [2.45, 2.75) is 373 Å². The van der Waals surface area contributed by atoms with E-state index in [0.29, 0.717) is 19.4 Å². The second-order valence-electron chi connectivity index (χ2n) is 22.5. The molecule has 0 spiro atoms. The van der Waals surface area contributed by atoms with E-state index < -0.39 is 12.1 Å². The number of hydrogen-bond acceptors (Lipinski definition) is 5. The zero-order valence-corrected chi connectivity index (χ0v) is 48.7. The lowest BCUT2D eigenvalue weighted by molar-refractivity contribution is -0.143. The maximum absolute atomic E-state index is 12.5. The van der Waals surface area contributed by atoms with Crippen LogP contribution in [0.5, 0.6) is 0 Å². The van der Waals surface area contributed by atoms with Crippen LogP contribution in [-0.4, -0.2) is 47.4 Å². The molecule has 0 saturated heterocycles. The first-order valence-electron chi connectivity index (χ1n) is 32.6. The van der Waals surface area contributed by atoms with Crippen molar-refractivity contribution >= 4 is 11.9 Å². The van der Waals surface area contributed by atoms with Gasteiger partial charge in [0.25, 0.3) is 0 Å². The smallest absolute Gasteiger partial charge is 0.305 e. The lowest BCUT2D eigenvalue weighted by Gasteiger charge is -2.20. The molecule has 0 aromatic heterocycles. The number of carbonyl (C=O) groups is 2. The standard InChI is InChI=1S/C66H127NO5/c1-3-5-7-9-11-13-15-17-31-36-40-44-48-52-56-60-66(71)72-61-57-53-49-45-41-37-33-30-28-26-24-22-20-18-19-21-23-25-27-29-32-35-39-43-47-51-55-59-65(70)67-63(62-68)64(69)58-54-50-46-42-38-34-16-14-12-10-8-6-4-2/h17,31,54,58,63-64,68-69H,3-16,18-30,32-53,55-57,59-62H2,1-2H3,(H,67,70)/b31-17-,58-54+. The lowest BCUT2D eigenvalue weighted by Crippen LogP contribution is -2.45. The number of esters is 1. The van der Waals surface area contributed by atoms with E-state index in [4.69, 9.17) is 4.74 Å². The molecule has 0 radical (unpaired) electrons. The van der Waals surface area contributed by atoms with Gasteiger partial charge in [-0.15, -0.1) is 0 Å². The lowest BCUT2D eigenvalue weighted by atomic mass is 10.0. The average molecular weight is 1010 g/mol. The van der Waals surface area contributed by atoms with Crippen molar-refractivity contribution in [2.75, 3.05) is 13.2 Å². The van der Waals surface area contributed by atoms with Gasteiger partial charge < -0.3 is 20.3 Å². The fourth-order valence-corrected chi connectivity index (χ4v) is 10.2. The number of carbonyl (C=O) groups excluding carboxylic acids is 2. The van der Waals surface area contributed by atoms with Gasteiger partial charge in [0.05, 0.1) is 25.4 Å². The molecule has 2 unspecified atom stereocenters. The molecule has 3 N–H and O–H groups in total. The maximum Gasteiger partial charge on any atom is 0.305 e. The monoisotopic (exact) mass is 1010 g/mol. The van der Waals surface area contributed by atoms with Crippen molar-refractivity contribution in [2.24, 2.45) is 0 Å². The normalized spacial score (nSPS) is 12.7. The van der Waals surface area contributed by atoms with Gasteiger partial charge in [0, 0.05) is 12.8 Å². The molecule has 6 nitrogen and oxygen atoms in total. The molecule has 426 valence electrons. The molecule has 0 aromatic rings. The van der Waals surface area contributed by atoms with Gasteiger partial charge in [0.1, 0.15) is 0 Å². The first kappa shape index (κ1) is 70.3. The molecule has 0 aliphatic carbocycles. The van der Waals surface area contributed by atoms with Gasteiger partial charge in [-0.1, -0.05) is 314 Å². The predicted octanol–water partition coefficient (Wildman–Crippen LogP) is 20.6. The van der Waals surface area contributed by atoms with Crippen molar-refractivity contribution in [1.82, 2.24) is 5.32 Å². The summed E-state index contributed by atoms with van der Waals surface area (Å²) in [5, 5.41) is 23.1. The minimum atomic E-state index is -0.841. The van der Waals surface area contributed by atoms with Crippen LogP contribution in [0.2, 0.25) is 0 Å². The van der Waals surface area contributed by atoms with Crippen LogP contribution < -0.4 is 5.32 Å². The Morgan fingerprint density at radius 1 is 0.375 bits per heavy atom. The summed E-state index contributed by atoms with van der Waals surface area (Å²) in [4.78, 5) is 24.5. The summed E-state index contributed by atoms with van der Waals surface area (Å²) in [6, 6.07) is -0.624. The minimum absolute atomic E-state index is 0.0101. The van der Waals surface area contributed by atoms with E-state index in [1.807, 2.05) is 6.08 Å². The zero-order valence-electron chi connectivity index (χ0n) is 48.7. The molecule has 0 saturated carbocycles. The van der Waals surface area contributed by atoms with Crippen LogP contribution in [0, 0.1) is 0 Å². The van der Waals surface area contributed by atoms with E-state index in [9.17, 15) is 19.8 Å². The quantitative estimate of drug-likeness (QED) is 0.0320. The number of amides is 1. The summed E-state index contributed by atoms with van der Waals surface area (Å²) >= 11 is 0. The molecule has 0 aliphatic rings. The molecule has 0 rings (SSSR count). The summed E-state index contributed by atoms with van der Waals surface area (Å²) in [6.07, 6.45) is 76.7. The molecule has 0 aliphatic heterocycles. The van der Waals surface area contributed by atoms with Gasteiger partial charge in [0.2, 0.25) is 5.91 Å². The number of rotatable bonds is 61. The Balaban J connectivity index is 3.35. The second kappa shape index (κ2) is 61.9. The Morgan fingerprint density at radius 3 is 0.986 bits per heavy atom. The zero-order chi connectivity index (χ0) is 52.2. The van der Waals surface area contributed by atoms with Gasteiger partial charge in [-0.05, 0) is 57.8 Å². The molecule has 0 aromatic carbocycles. The molecule has 0 fully saturated rings. The summed E-state index contributed by atoms with van der Waals surface area (Å²) in [5.74, 6) is -0.0541. The van der Waals surface area contributed by atoms with E-state index >= 15 is 0 Å². The van der Waals surface area contributed by atoms with Gasteiger partial charge in [-0.2, -0.15) is 0 Å². The van der Waals surface area contributed by atoms with Crippen LogP contribution in [0.25, 0.3) is 0 Å². The van der Waals surface area contributed by atoms with Crippen molar-refractivity contribution in [3.05, 3.63) is 24.3 Å². The van der Waals surface area contributed by atoms with E-state index in [0.717, 1.165) is 44.9 Å². The third-order valence-corrected chi connectivity index (χ3v) is 15.2. The highest BCUT2D eigenvalue weighted by Crippen LogP contribution is 2.18. The molecular weight excluding hydrogens is 887 g/mol. The number of ether oxygens (including phenoxy) is 1. The minimum Gasteiger partial charge on any atom is -0.466 e. The number of unbranched alkanes of at least 4 members (excludes halogenated alkanes) is 48. The SMILES string of the molecule is CCCCCCCC/C=C\CCCCCCCC(=O)OCCCCCCCCCCCCCCCCCCCCCCCCCCCCCC(=O)NC(CO)C(O)/C=C/CCCCCCCCCCCCC. The van der Waals surface area contributed by atoms with Gasteiger partial charge in [-0.25, -0.2) is 0 Å². The highest BCUT2D eigenvalue weighted by atomic mass is 16.5. The first-order valence-corrected chi connectivity index (χ1v) is 32.6. The Kier molecular flexibility index (Phi) is 60.5. The number of aliphatic hydroxyl groups excluding tert-OH is 2. The van der Waals surface area contributed by atoms with Crippen molar-refractivity contribution in [3.8, 4) is 0 Å². The Morgan fingerprint density at radius 2 is 0.653 bits per heavy atom. The van der Waals surface area contributed by atoms with Crippen LogP contribution in [0.3, 0.4) is 0 Å². The van der Waals surface area contributed by atoms with E-state index in [2.05, 4.69) is 31.3 Å². The molecule has 0 heterocycles. The predicted molar refractivity (Wildman–Crippen MR) is 315 cm³/mol. The first-order chi connectivity index (χ1) is 35.5. The molecule has 6 heteroatoms. The Hall–Kier alpha value is -1.66. The van der Waals surface area contributed by atoms with E-state index in [-0.39, 0.29) is 18.5 Å². The number of allylic oxidation sites excluding steroid dienone is 3. The summed E-state index contributed by atoms with van der Waals surface area (Å²) < 4.78 is 5.49. The van der Waals surface area contributed by atoms with Gasteiger partial charge in [0.15, 0.2) is 0 Å². The van der Waals surface area contributed by atoms with Crippen molar-refractivity contribution < 1.29 is 24.5 Å². The largest absolute Gasteiger partial charge is 0.466 e. The van der Waals surface area contributed by atoms with Crippen LogP contribution in [0.15, 0.2) is 24.3 Å². The van der Waals surface area contributed by atoms with Crippen molar-refractivity contribution in [3.63, 3.8) is 0 Å². The van der Waals surface area contributed by atoms with Crippen LogP contribution in [-0.2, 0) is 14.3 Å². The Labute approximate surface area is 450 Å². The van der Waals surface area contributed by atoms with Crippen LogP contribution in [0.1, 0.15) is 361 Å². The maximum atomic E-state index is 12.5. The van der Waals surface area contributed by atoms with Gasteiger partial charge >= 0.3 is 5.97 Å². The molecule has 72 heavy (non-hydrogen) atoms. The third-order valence-electron chi connectivity index (χ3n) is 15.2. The topological polar surface area (TPSA) is 95.9 Å². The molecule has 1 amide bonds. The highest BCUT2D eigenvalue weighted by Gasteiger charge is 2.18. The van der Waals surface area contributed by atoms with Gasteiger partial charge in [-0.3, -0.25) is 9.59 Å². The average Bonchev–Trinajstić information content (AvgIpc) is 3.38. The summed E-state index contributed by atoms with van der Waals surface area (Å²) in [7, 11) is 0. The van der Waals surface area contributed by atoms with Crippen molar-refractivity contribution in [1.29, 1.82) is 0 Å². The third kappa shape index (κ3) is 57.6. The fraction of sp³-hybridized carbons (Fsp3) is 0.909. The number of aliphatic hydroxyl groups is 2. The summed E-state index contributed by atoms with van der Waals surface area (Å²) in [5.41, 5.74) is 0.